The average molecular weight is 182 g/mol. The summed E-state index contributed by atoms with van der Waals surface area (Å²) >= 11 is 1.61. The quantitative estimate of drug-likeness (QED) is 0.660. The van der Waals surface area contributed by atoms with Crippen molar-refractivity contribution in [1.82, 2.24) is 9.97 Å². The minimum Gasteiger partial charge on any atom is -0.293 e. The van der Waals surface area contributed by atoms with Crippen molar-refractivity contribution in [2.24, 2.45) is 0 Å². The first-order chi connectivity index (χ1) is 5.84. The van der Waals surface area contributed by atoms with Crippen LogP contribution < -0.4 is 0 Å². The first-order valence-electron chi connectivity index (χ1n) is 3.70. The Bertz CT molecular complexity index is 250. The van der Waals surface area contributed by atoms with E-state index < -0.39 is 0 Å². The molecule has 1 heterocycles. The third kappa shape index (κ3) is 2.62. The number of thioether (sulfide) groups is 1. The van der Waals surface area contributed by atoms with Gasteiger partial charge < -0.3 is 0 Å². The molecule has 0 atom stereocenters. The largest absolute Gasteiger partial charge is 0.293 e. The molecule has 0 N–H and O–H groups in total. The highest BCUT2D eigenvalue weighted by Gasteiger charge is 2.04. The molecule has 0 bridgehead atoms. The SMILES string of the molecule is CCSCC(=O)c1cncnc1. The van der Waals surface area contributed by atoms with Gasteiger partial charge in [-0.2, -0.15) is 11.8 Å². The monoisotopic (exact) mass is 182 g/mol. The molecule has 0 saturated heterocycles. The zero-order chi connectivity index (χ0) is 8.81. The van der Waals surface area contributed by atoms with E-state index in [0.29, 0.717) is 11.3 Å². The van der Waals surface area contributed by atoms with Gasteiger partial charge in [-0.05, 0) is 5.75 Å². The third-order valence-electron chi connectivity index (χ3n) is 1.32. The summed E-state index contributed by atoms with van der Waals surface area (Å²) in [5.74, 6) is 1.57. The predicted octanol–water partition coefficient (Wildman–Crippen LogP) is 1.41. The second-order valence-electron chi connectivity index (χ2n) is 2.19. The van der Waals surface area contributed by atoms with Crippen LogP contribution in [0.3, 0.4) is 0 Å². The Hall–Kier alpha value is -0.900. The van der Waals surface area contributed by atoms with Crippen LogP contribution in [0.5, 0.6) is 0 Å². The van der Waals surface area contributed by atoms with Crippen LogP contribution in [0, 0.1) is 0 Å². The van der Waals surface area contributed by atoms with Gasteiger partial charge in [0, 0.05) is 12.4 Å². The molecule has 1 rings (SSSR count). The van der Waals surface area contributed by atoms with E-state index in [1.807, 2.05) is 6.92 Å². The van der Waals surface area contributed by atoms with E-state index in [-0.39, 0.29) is 5.78 Å². The van der Waals surface area contributed by atoms with E-state index in [1.54, 1.807) is 24.2 Å². The van der Waals surface area contributed by atoms with Crippen LogP contribution in [0.2, 0.25) is 0 Å². The third-order valence-corrected chi connectivity index (χ3v) is 2.19. The number of aromatic nitrogens is 2. The summed E-state index contributed by atoms with van der Waals surface area (Å²) in [7, 11) is 0. The summed E-state index contributed by atoms with van der Waals surface area (Å²) in [5.41, 5.74) is 0.596. The molecule has 0 saturated carbocycles. The number of rotatable bonds is 4. The van der Waals surface area contributed by atoms with E-state index in [2.05, 4.69) is 9.97 Å². The first kappa shape index (κ1) is 9.19. The molecule has 0 aliphatic heterocycles. The minimum atomic E-state index is 0.0995. The molecular formula is C8H10N2OS. The molecule has 0 amide bonds. The van der Waals surface area contributed by atoms with Gasteiger partial charge in [0.05, 0.1) is 11.3 Å². The fourth-order valence-corrected chi connectivity index (χ4v) is 1.28. The Morgan fingerprint density at radius 1 is 1.50 bits per heavy atom. The van der Waals surface area contributed by atoms with E-state index in [9.17, 15) is 4.79 Å². The molecular weight excluding hydrogens is 172 g/mol. The second-order valence-corrected chi connectivity index (χ2v) is 3.46. The Labute approximate surface area is 75.6 Å². The lowest BCUT2D eigenvalue weighted by Gasteiger charge is -1.96. The van der Waals surface area contributed by atoms with Crippen LogP contribution in [-0.2, 0) is 0 Å². The zero-order valence-electron chi connectivity index (χ0n) is 6.86. The van der Waals surface area contributed by atoms with E-state index in [1.165, 1.54) is 6.33 Å². The first-order valence-corrected chi connectivity index (χ1v) is 4.86. The number of hydrogen-bond acceptors (Lipinski definition) is 4. The molecule has 3 nitrogen and oxygen atoms in total. The van der Waals surface area contributed by atoms with Crippen LogP contribution in [0.15, 0.2) is 18.7 Å². The van der Waals surface area contributed by atoms with E-state index >= 15 is 0 Å². The molecule has 0 aliphatic carbocycles. The molecule has 4 heteroatoms. The van der Waals surface area contributed by atoms with Gasteiger partial charge in [0.2, 0.25) is 0 Å². The predicted molar refractivity (Wildman–Crippen MR) is 49.4 cm³/mol. The molecule has 0 spiro atoms. The fourth-order valence-electron chi connectivity index (χ4n) is 0.721. The van der Waals surface area contributed by atoms with Crippen LogP contribution in [0.4, 0.5) is 0 Å². The molecule has 0 unspecified atom stereocenters. The number of carbonyl (C=O) groups excluding carboxylic acids is 1. The maximum absolute atomic E-state index is 11.3. The normalized spacial score (nSPS) is 9.75. The standard InChI is InChI=1S/C8H10N2OS/c1-2-12-5-8(11)7-3-9-6-10-4-7/h3-4,6H,2,5H2,1H3. The topological polar surface area (TPSA) is 42.9 Å². The van der Waals surface area contributed by atoms with Crippen molar-refractivity contribution in [1.29, 1.82) is 0 Å². The number of nitrogens with zero attached hydrogens (tertiary/aromatic N) is 2. The van der Waals surface area contributed by atoms with Crippen LogP contribution in [0.25, 0.3) is 0 Å². The number of Topliss-reactive ketones (excluding diaryl/α,β-unsaturated/α-hetero) is 1. The highest BCUT2D eigenvalue weighted by atomic mass is 32.2. The van der Waals surface area contributed by atoms with Crippen molar-refractivity contribution >= 4 is 17.5 Å². The molecule has 0 radical (unpaired) electrons. The minimum absolute atomic E-state index is 0.0995. The second kappa shape index (κ2) is 4.87. The Morgan fingerprint density at radius 2 is 2.17 bits per heavy atom. The van der Waals surface area contributed by atoms with Crippen LogP contribution >= 0.6 is 11.8 Å². The van der Waals surface area contributed by atoms with Gasteiger partial charge in [0.25, 0.3) is 0 Å². The van der Waals surface area contributed by atoms with Crippen LogP contribution in [-0.4, -0.2) is 27.3 Å². The number of ketones is 1. The highest BCUT2D eigenvalue weighted by molar-refractivity contribution is 7.99. The molecule has 0 aromatic carbocycles. The Balaban J connectivity index is 2.54. The molecule has 12 heavy (non-hydrogen) atoms. The highest BCUT2D eigenvalue weighted by Crippen LogP contribution is 2.04. The van der Waals surface area contributed by atoms with Gasteiger partial charge in [-0.1, -0.05) is 6.92 Å². The van der Waals surface area contributed by atoms with Crippen molar-refractivity contribution < 1.29 is 4.79 Å². The Morgan fingerprint density at radius 3 is 2.75 bits per heavy atom. The van der Waals surface area contributed by atoms with Gasteiger partial charge in [-0.15, -0.1) is 0 Å². The van der Waals surface area contributed by atoms with Gasteiger partial charge in [-0.25, -0.2) is 9.97 Å². The lowest BCUT2D eigenvalue weighted by molar-refractivity contribution is 0.102. The van der Waals surface area contributed by atoms with Gasteiger partial charge in [0.1, 0.15) is 6.33 Å². The summed E-state index contributed by atoms with van der Waals surface area (Å²) < 4.78 is 0. The zero-order valence-corrected chi connectivity index (χ0v) is 7.67. The molecule has 64 valence electrons. The van der Waals surface area contributed by atoms with Crippen LogP contribution in [0.1, 0.15) is 17.3 Å². The average Bonchev–Trinajstić information content (AvgIpc) is 2.15. The van der Waals surface area contributed by atoms with Crippen molar-refractivity contribution in [2.75, 3.05) is 11.5 Å². The summed E-state index contributed by atoms with van der Waals surface area (Å²) in [5, 5.41) is 0. The lowest BCUT2D eigenvalue weighted by Crippen LogP contribution is -2.03. The van der Waals surface area contributed by atoms with Crippen molar-refractivity contribution in [2.45, 2.75) is 6.92 Å². The van der Waals surface area contributed by atoms with Crippen molar-refractivity contribution in [3.8, 4) is 0 Å². The van der Waals surface area contributed by atoms with Gasteiger partial charge in [0.15, 0.2) is 5.78 Å². The number of hydrogen-bond donors (Lipinski definition) is 0. The van der Waals surface area contributed by atoms with Crippen molar-refractivity contribution in [3.05, 3.63) is 24.3 Å². The van der Waals surface area contributed by atoms with Crippen molar-refractivity contribution in [3.63, 3.8) is 0 Å². The summed E-state index contributed by atoms with van der Waals surface area (Å²) in [6.07, 6.45) is 4.51. The summed E-state index contributed by atoms with van der Waals surface area (Å²) in [6, 6.07) is 0. The Kier molecular flexibility index (Phi) is 3.73. The van der Waals surface area contributed by atoms with E-state index in [0.717, 1.165) is 5.75 Å². The number of carbonyl (C=O) groups is 1. The fraction of sp³-hybridized carbons (Fsp3) is 0.375. The maximum Gasteiger partial charge on any atom is 0.175 e. The lowest BCUT2D eigenvalue weighted by atomic mass is 10.2. The van der Waals surface area contributed by atoms with Gasteiger partial charge in [-0.3, -0.25) is 4.79 Å². The summed E-state index contributed by atoms with van der Waals surface area (Å²) in [6.45, 7) is 2.03. The van der Waals surface area contributed by atoms with Gasteiger partial charge >= 0.3 is 0 Å². The molecule has 1 aromatic rings. The van der Waals surface area contributed by atoms with E-state index in [4.69, 9.17) is 0 Å². The molecule has 0 fully saturated rings. The smallest absolute Gasteiger partial charge is 0.175 e. The maximum atomic E-state index is 11.3. The molecule has 0 aliphatic rings. The molecule has 1 aromatic heterocycles. The summed E-state index contributed by atoms with van der Waals surface area (Å²) in [4.78, 5) is 18.8.